The molecule has 2 N–H and O–H groups in total. The van der Waals surface area contributed by atoms with Crippen molar-refractivity contribution >= 4 is 11.9 Å². The highest BCUT2D eigenvalue weighted by Gasteiger charge is 2.17. The molecule has 1 amide bonds. The number of aromatic nitrogens is 1. The Hall–Kier alpha value is -1.95. The predicted octanol–water partition coefficient (Wildman–Crippen LogP) is 0.113. The lowest BCUT2D eigenvalue weighted by molar-refractivity contribution is 0.0596. The molecule has 0 bridgehead atoms. The molecule has 1 aromatic rings. The van der Waals surface area contributed by atoms with Crippen LogP contribution in [0.4, 0.5) is 0 Å². The molecular weight excluding hydrogens is 212 g/mol. The van der Waals surface area contributed by atoms with Gasteiger partial charge >= 0.3 is 5.97 Å². The van der Waals surface area contributed by atoms with Crippen LogP contribution in [0.1, 0.15) is 26.4 Å². The second-order valence-electron chi connectivity index (χ2n) is 3.03. The van der Waals surface area contributed by atoms with Crippen LogP contribution in [0.15, 0.2) is 12.3 Å². The van der Waals surface area contributed by atoms with Gasteiger partial charge in [0.2, 0.25) is 0 Å². The predicted molar refractivity (Wildman–Crippen MR) is 54.8 cm³/mol. The van der Waals surface area contributed by atoms with Crippen LogP contribution < -0.4 is 5.73 Å². The maximum Gasteiger partial charge on any atom is 0.340 e. The van der Waals surface area contributed by atoms with E-state index in [1.54, 1.807) is 0 Å². The molecule has 1 heterocycles. The molecule has 0 atom stereocenters. The highest BCUT2D eigenvalue weighted by atomic mass is 16.5. The van der Waals surface area contributed by atoms with Crippen molar-refractivity contribution in [2.24, 2.45) is 5.73 Å². The summed E-state index contributed by atoms with van der Waals surface area (Å²) in [5.74, 6) is -1.43. The number of esters is 1. The van der Waals surface area contributed by atoms with Crippen LogP contribution in [0.2, 0.25) is 0 Å². The van der Waals surface area contributed by atoms with Crippen molar-refractivity contribution in [3.63, 3.8) is 0 Å². The standard InChI is InChI=1S/C10H12N2O4/c1-15-5-6-3-7(10(14)16-2)8(9(11)13)12-4-6/h3-4H,5H2,1-2H3,(H2,11,13). The van der Waals surface area contributed by atoms with E-state index in [0.717, 1.165) is 0 Å². The minimum absolute atomic E-state index is 0.0459. The normalized spacial score (nSPS) is 9.88. The van der Waals surface area contributed by atoms with Crippen molar-refractivity contribution in [1.29, 1.82) is 0 Å². The van der Waals surface area contributed by atoms with Gasteiger partial charge in [0.25, 0.3) is 5.91 Å². The molecule has 6 nitrogen and oxygen atoms in total. The van der Waals surface area contributed by atoms with Crippen molar-refractivity contribution in [2.75, 3.05) is 14.2 Å². The quantitative estimate of drug-likeness (QED) is 0.733. The van der Waals surface area contributed by atoms with Crippen molar-refractivity contribution in [3.8, 4) is 0 Å². The van der Waals surface area contributed by atoms with Gasteiger partial charge < -0.3 is 15.2 Å². The van der Waals surface area contributed by atoms with E-state index in [1.165, 1.54) is 26.5 Å². The Labute approximate surface area is 92.4 Å². The van der Waals surface area contributed by atoms with Crippen LogP contribution in [0.25, 0.3) is 0 Å². The molecule has 0 spiro atoms. The first-order chi connectivity index (χ1) is 7.60. The van der Waals surface area contributed by atoms with E-state index in [9.17, 15) is 9.59 Å². The number of primary amides is 1. The van der Waals surface area contributed by atoms with Crippen molar-refractivity contribution in [3.05, 3.63) is 29.1 Å². The van der Waals surface area contributed by atoms with E-state index in [2.05, 4.69) is 9.72 Å². The molecule has 86 valence electrons. The number of pyridine rings is 1. The summed E-state index contributed by atoms with van der Waals surface area (Å²) in [5, 5.41) is 0. The summed E-state index contributed by atoms with van der Waals surface area (Å²) in [5.41, 5.74) is 5.69. The summed E-state index contributed by atoms with van der Waals surface area (Å²) in [6, 6.07) is 1.47. The molecule has 1 rings (SSSR count). The van der Waals surface area contributed by atoms with Crippen LogP contribution in [0, 0.1) is 0 Å². The third-order valence-corrected chi connectivity index (χ3v) is 1.89. The second kappa shape index (κ2) is 5.22. The molecule has 0 unspecified atom stereocenters. The lowest BCUT2D eigenvalue weighted by atomic mass is 10.1. The smallest absolute Gasteiger partial charge is 0.340 e. The van der Waals surface area contributed by atoms with Gasteiger partial charge in [-0.2, -0.15) is 0 Å². The Morgan fingerprint density at radius 1 is 1.44 bits per heavy atom. The van der Waals surface area contributed by atoms with E-state index in [0.29, 0.717) is 5.56 Å². The fraction of sp³-hybridized carbons (Fsp3) is 0.300. The van der Waals surface area contributed by atoms with Gasteiger partial charge in [-0.3, -0.25) is 4.79 Å². The number of ether oxygens (including phenoxy) is 2. The zero-order valence-corrected chi connectivity index (χ0v) is 9.02. The lowest BCUT2D eigenvalue weighted by Crippen LogP contribution is -2.19. The van der Waals surface area contributed by atoms with Crippen LogP contribution in [0.3, 0.4) is 0 Å². The largest absolute Gasteiger partial charge is 0.465 e. The van der Waals surface area contributed by atoms with Gasteiger partial charge in [0, 0.05) is 13.3 Å². The fourth-order valence-corrected chi connectivity index (χ4v) is 1.22. The molecule has 0 saturated carbocycles. The molecule has 0 aliphatic carbocycles. The number of carbonyl (C=O) groups excluding carboxylic acids is 2. The summed E-state index contributed by atoms with van der Waals surface area (Å²) < 4.78 is 9.42. The molecule has 6 heteroatoms. The third-order valence-electron chi connectivity index (χ3n) is 1.89. The number of hydrogen-bond acceptors (Lipinski definition) is 5. The fourth-order valence-electron chi connectivity index (χ4n) is 1.22. The Morgan fingerprint density at radius 2 is 2.12 bits per heavy atom. The molecule has 0 aromatic carbocycles. The number of methoxy groups -OCH3 is 2. The molecule has 0 fully saturated rings. The van der Waals surface area contributed by atoms with Gasteiger partial charge in [0.1, 0.15) is 5.69 Å². The van der Waals surface area contributed by atoms with Crippen LogP contribution in [-0.4, -0.2) is 31.1 Å². The van der Waals surface area contributed by atoms with Crippen LogP contribution >= 0.6 is 0 Å². The first kappa shape index (κ1) is 12.1. The van der Waals surface area contributed by atoms with Gasteiger partial charge in [-0.1, -0.05) is 0 Å². The molecule has 0 saturated heterocycles. The first-order valence-electron chi connectivity index (χ1n) is 4.46. The van der Waals surface area contributed by atoms with Gasteiger partial charge in [0.05, 0.1) is 19.3 Å². The molecule has 0 aliphatic heterocycles. The topological polar surface area (TPSA) is 91.5 Å². The number of nitrogens with two attached hydrogens (primary N) is 1. The zero-order chi connectivity index (χ0) is 12.1. The zero-order valence-electron chi connectivity index (χ0n) is 9.02. The van der Waals surface area contributed by atoms with Gasteiger partial charge in [-0.15, -0.1) is 0 Å². The van der Waals surface area contributed by atoms with E-state index in [-0.39, 0.29) is 17.9 Å². The Morgan fingerprint density at radius 3 is 2.62 bits per heavy atom. The summed E-state index contributed by atoms with van der Waals surface area (Å²) in [7, 11) is 2.73. The average molecular weight is 224 g/mol. The van der Waals surface area contributed by atoms with Gasteiger partial charge in [0.15, 0.2) is 0 Å². The number of carbonyl (C=O) groups is 2. The second-order valence-corrected chi connectivity index (χ2v) is 3.03. The molecular formula is C10H12N2O4. The number of amides is 1. The van der Waals surface area contributed by atoms with E-state index in [1.807, 2.05) is 0 Å². The van der Waals surface area contributed by atoms with Crippen LogP contribution in [0.5, 0.6) is 0 Å². The molecule has 1 aromatic heterocycles. The SMILES string of the molecule is COCc1cnc(C(N)=O)c(C(=O)OC)c1. The summed E-state index contributed by atoms with van der Waals surface area (Å²) in [4.78, 5) is 26.2. The molecule has 16 heavy (non-hydrogen) atoms. The molecule has 0 radical (unpaired) electrons. The minimum Gasteiger partial charge on any atom is -0.465 e. The first-order valence-corrected chi connectivity index (χ1v) is 4.46. The average Bonchev–Trinajstić information content (AvgIpc) is 2.28. The maximum absolute atomic E-state index is 11.4. The van der Waals surface area contributed by atoms with Crippen molar-refractivity contribution < 1.29 is 19.1 Å². The van der Waals surface area contributed by atoms with E-state index in [4.69, 9.17) is 10.5 Å². The summed E-state index contributed by atoms with van der Waals surface area (Å²) in [6.45, 7) is 0.288. The van der Waals surface area contributed by atoms with Crippen molar-refractivity contribution in [1.82, 2.24) is 4.98 Å². The highest BCUT2D eigenvalue weighted by Crippen LogP contribution is 2.11. The summed E-state index contributed by atoms with van der Waals surface area (Å²) in [6.07, 6.45) is 1.43. The number of hydrogen-bond donors (Lipinski definition) is 1. The monoisotopic (exact) mass is 224 g/mol. The van der Waals surface area contributed by atoms with Gasteiger partial charge in [-0.25, -0.2) is 9.78 Å². The highest BCUT2D eigenvalue weighted by molar-refractivity contribution is 6.03. The number of nitrogens with zero attached hydrogens (tertiary/aromatic N) is 1. The third kappa shape index (κ3) is 2.54. The van der Waals surface area contributed by atoms with Gasteiger partial charge in [-0.05, 0) is 11.6 Å². The number of rotatable bonds is 4. The Kier molecular flexibility index (Phi) is 3.96. The Balaban J connectivity index is 3.21. The van der Waals surface area contributed by atoms with Crippen LogP contribution in [-0.2, 0) is 16.1 Å². The Bertz CT molecular complexity index is 417. The maximum atomic E-state index is 11.4. The lowest BCUT2D eigenvalue weighted by Gasteiger charge is -2.06. The van der Waals surface area contributed by atoms with E-state index >= 15 is 0 Å². The van der Waals surface area contributed by atoms with E-state index < -0.39 is 11.9 Å². The minimum atomic E-state index is -0.774. The molecule has 0 aliphatic rings. The summed E-state index contributed by atoms with van der Waals surface area (Å²) >= 11 is 0. The van der Waals surface area contributed by atoms with Crippen molar-refractivity contribution in [2.45, 2.75) is 6.61 Å².